The molecule has 1 atom stereocenters. The van der Waals surface area contributed by atoms with Crippen LogP contribution >= 0.6 is 0 Å². The van der Waals surface area contributed by atoms with Gasteiger partial charge in [0.15, 0.2) is 0 Å². The number of hydrogen-bond acceptors (Lipinski definition) is 5. The van der Waals surface area contributed by atoms with Gasteiger partial charge in [0.25, 0.3) is 0 Å². The number of nitrogens with one attached hydrogen (secondary N) is 3. The van der Waals surface area contributed by atoms with Crippen LogP contribution in [0.3, 0.4) is 0 Å². The van der Waals surface area contributed by atoms with E-state index in [0.717, 1.165) is 70.9 Å². The highest BCUT2D eigenvalue weighted by atomic mass is 16.5. The summed E-state index contributed by atoms with van der Waals surface area (Å²) in [7, 11) is 0. The summed E-state index contributed by atoms with van der Waals surface area (Å²) in [6.07, 6.45) is 8.75. The zero-order valence-electron chi connectivity index (χ0n) is 19.6. The predicted molar refractivity (Wildman–Crippen MR) is 137 cm³/mol. The van der Waals surface area contributed by atoms with Crippen LogP contribution in [0.15, 0.2) is 60.9 Å². The molecule has 0 aliphatic heterocycles. The maximum atomic E-state index is 13.0. The second-order valence-corrected chi connectivity index (χ2v) is 9.47. The minimum absolute atomic E-state index is 0.0536. The molecule has 35 heavy (non-hydrogen) atoms. The molecule has 7 nitrogen and oxygen atoms in total. The average molecular weight is 468 g/mol. The molecule has 2 aliphatic rings. The van der Waals surface area contributed by atoms with Crippen molar-refractivity contribution in [3.05, 3.63) is 72.2 Å². The highest BCUT2D eigenvalue weighted by molar-refractivity contribution is 5.96. The summed E-state index contributed by atoms with van der Waals surface area (Å²) in [5, 5.41) is 7.53. The quantitative estimate of drug-likeness (QED) is 0.335. The first-order valence-corrected chi connectivity index (χ1v) is 12.5. The summed E-state index contributed by atoms with van der Waals surface area (Å²) >= 11 is 0. The number of carbonyl (C=O) groups excluding carboxylic acids is 1. The van der Waals surface area contributed by atoms with Gasteiger partial charge in [-0.15, -0.1) is 0 Å². The standard InChI is InChI=1S/C28H29N5O2/c34-28(31-19-8-2-1-3-9-19)18-14-15-22-21(16-18)25-26(32-22)29-17-30-27(25)33-23-12-6-7-13-24(23)35-20-10-4-5-11-20/h1-3,6-9,12-13,17-18,20H,4-5,10-11,14-16H2,(H,31,34)(H2,29,30,32,33). The van der Waals surface area contributed by atoms with Crippen LogP contribution in [0.2, 0.25) is 0 Å². The molecule has 178 valence electrons. The minimum Gasteiger partial charge on any atom is -0.488 e. The molecule has 0 bridgehead atoms. The van der Waals surface area contributed by atoms with E-state index >= 15 is 0 Å². The number of aromatic amines is 1. The lowest BCUT2D eigenvalue weighted by atomic mass is 9.86. The SMILES string of the molecule is O=C(Nc1ccccc1)C1CCc2[nH]c3ncnc(Nc4ccccc4OC4CCCC4)c3c2C1. The third-order valence-corrected chi connectivity index (χ3v) is 7.12. The van der Waals surface area contributed by atoms with Crippen LogP contribution in [0.4, 0.5) is 17.2 Å². The van der Waals surface area contributed by atoms with Gasteiger partial charge in [-0.1, -0.05) is 30.3 Å². The molecule has 7 heteroatoms. The van der Waals surface area contributed by atoms with Gasteiger partial charge in [0.1, 0.15) is 23.5 Å². The number of aromatic nitrogens is 3. The lowest BCUT2D eigenvalue weighted by Crippen LogP contribution is -2.28. The first-order valence-electron chi connectivity index (χ1n) is 12.5. The topological polar surface area (TPSA) is 91.9 Å². The van der Waals surface area contributed by atoms with Crippen molar-refractivity contribution in [2.75, 3.05) is 10.6 Å². The van der Waals surface area contributed by atoms with E-state index in [1.807, 2.05) is 54.6 Å². The van der Waals surface area contributed by atoms with Crippen molar-refractivity contribution in [1.29, 1.82) is 0 Å². The molecule has 6 rings (SSSR count). The number of nitrogens with zero attached hydrogens (tertiary/aromatic N) is 2. The van der Waals surface area contributed by atoms with Gasteiger partial charge in [0.2, 0.25) is 5.91 Å². The van der Waals surface area contributed by atoms with Gasteiger partial charge in [-0.25, -0.2) is 9.97 Å². The van der Waals surface area contributed by atoms with Crippen LogP contribution < -0.4 is 15.4 Å². The molecular formula is C28H29N5O2. The number of ether oxygens (including phenoxy) is 1. The molecule has 2 aromatic heterocycles. The Morgan fingerprint density at radius 3 is 2.63 bits per heavy atom. The van der Waals surface area contributed by atoms with Crippen LogP contribution in [0.5, 0.6) is 5.75 Å². The van der Waals surface area contributed by atoms with Crippen molar-refractivity contribution in [3.8, 4) is 5.75 Å². The fraction of sp³-hybridized carbons (Fsp3) is 0.321. The fourth-order valence-electron chi connectivity index (χ4n) is 5.31. The molecule has 0 radical (unpaired) electrons. The number of para-hydroxylation sites is 3. The third kappa shape index (κ3) is 4.46. The normalized spacial score (nSPS) is 17.8. The Hall–Kier alpha value is -3.87. The van der Waals surface area contributed by atoms with E-state index in [0.29, 0.717) is 6.42 Å². The Labute approximate surface area is 204 Å². The maximum Gasteiger partial charge on any atom is 0.227 e. The first kappa shape index (κ1) is 21.6. The fourth-order valence-corrected chi connectivity index (χ4v) is 5.31. The largest absolute Gasteiger partial charge is 0.488 e. The molecule has 1 unspecified atom stereocenters. The Morgan fingerprint density at radius 2 is 1.77 bits per heavy atom. The first-order chi connectivity index (χ1) is 17.2. The van der Waals surface area contributed by atoms with Crippen molar-refractivity contribution >= 4 is 34.1 Å². The Bertz CT molecular complexity index is 1340. The zero-order chi connectivity index (χ0) is 23.6. The van der Waals surface area contributed by atoms with Crippen LogP contribution in [0.25, 0.3) is 11.0 Å². The van der Waals surface area contributed by atoms with Gasteiger partial charge < -0.3 is 20.4 Å². The summed E-state index contributed by atoms with van der Waals surface area (Å²) < 4.78 is 6.32. The van der Waals surface area contributed by atoms with Crippen LogP contribution in [-0.2, 0) is 17.6 Å². The summed E-state index contributed by atoms with van der Waals surface area (Å²) in [5.74, 6) is 1.53. The maximum absolute atomic E-state index is 13.0. The van der Waals surface area contributed by atoms with E-state index in [4.69, 9.17) is 4.74 Å². The number of aryl methyl sites for hydroxylation is 1. The van der Waals surface area contributed by atoms with Gasteiger partial charge in [0, 0.05) is 17.3 Å². The molecule has 2 aliphatic carbocycles. The molecule has 0 spiro atoms. The number of fused-ring (bicyclic) bond motifs is 3. The number of anilines is 3. The Kier molecular flexibility index (Phi) is 5.82. The van der Waals surface area contributed by atoms with Gasteiger partial charge in [-0.2, -0.15) is 0 Å². The predicted octanol–water partition coefficient (Wildman–Crippen LogP) is 5.77. The van der Waals surface area contributed by atoms with Crippen LogP contribution in [0, 0.1) is 5.92 Å². The van der Waals surface area contributed by atoms with Crippen LogP contribution in [0.1, 0.15) is 43.4 Å². The van der Waals surface area contributed by atoms with Crippen LogP contribution in [-0.4, -0.2) is 27.0 Å². The van der Waals surface area contributed by atoms with E-state index in [1.165, 1.54) is 12.8 Å². The Balaban J connectivity index is 1.28. The summed E-state index contributed by atoms with van der Waals surface area (Å²) in [4.78, 5) is 25.6. The van der Waals surface area contributed by atoms with Gasteiger partial charge >= 0.3 is 0 Å². The average Bonchev–Trinajstić information content (AvgIpc) is 3.53. The molecule has 0 saturated heterocycles. The number of H-pyrrole nitrogens is 1. The van der Waals surface area contributed by atoms with Crippen molar-refractivity contribution < 1.29 is 9.53 Å². The van der Waals surface area contributed by atoms with Crippen molar-refractivity contribution in [3.63, 3.8) is 0 Å². The molecule has 3 N–H and O–H groups in total. The minimum atomic E-state index is -0.104. The van der Waals surface area contributed by atoms with Gasteiger partial charge in [-0.05, 0) is 74.8 Å². The van der Waals surface area contributed by atoms with E-state index in [-0.39, 0.29) is 17.9 Å². The molecule has 2 aromatic carbocycles. The van der Waals surface area contributed by atoms with Gasteiger partial charge in [0.05, 0.1) is 17.2 Å². The van der Waals surface area contributed by atoms with E-state index < -0.39 is 0 Å². The number of carbonyl (C=O) groups is 1. The van der Waals surface area contributed by atoms with Gasteiger partial charge in [-0.3, -0.25) is 4.79 Å². The second kappa shape index (κ2) is 9.41. The highest BCUT2D eigenvalue weighted by Gasteiger charge is 2.29. The molecule has 2 heterocycles. The number of rotatable bonds is 6. The molecule has 1 fully saturated rings. The summed E-state index contributed by atoms with van der Waals surface area (Å²) in [6, 6.07) is 17.7. The molecule has 4 aromatic rings. The van der Waals surface area contributed by atoms with E-state index in [1.54, 1.807) is 6.33 Å². The number of amides is 1. The monoisotopic (exact) mass is 467 g/mol. The van der Waals surface area contributed by atoms with Crippen molar-refractivity contribution in [1.82, 2.24) is 15.0 Å². The molecular weight excluding hydrogens is 438 g/mol. The third-order valence-electron chi connectivity index (χ3n) is 7.12. The van der Waals surface area contributed by atoms with Crippen molar-refractivity contribution in [2.24, 2.45) is 5.92 Å². The lowest BCUT2D eigenvalue weighted by Gasteiger charge is -2.22. The zero-order valence-corrected chi connectivity index (χ0v) is 19.6. The Morgan fingerprint density at radius 1 is 0.971 bits per heavy atom. The van der Waals surface area contributed by atoms with E-state index in [2.05, 4.69) is 25.6 Å². The lowest BCUT2D eigenvalue weighted by molar-refractivity contribution is -0.120. The van der Waals surface area contributed by atoms with Crippen molar-refractivity contribution in [2.45, 2.75) is 51.0 Å². The second-order valence-electron chi connectivity index (χ2n) is 9.47. The van der Waals surface area contributed by atoms with E-state index in [9.17, 15) is 4.79 Å². The number of benzene rings is 2. The molecule has 1 amide bonds. The number of hydrogen-bond donors (Lipinski definition) is 3. The summed E-state index contributed by atoms with van der Waals surface area (Å²) in [5.41, 5.74) is 4.78. The molecule has 1 saturated carbocycles. The summed E-state index contributed by atoms with van der Waals surface area (Å²) in [6.45, 7) is 0. The highest BCUT2D eigenvalue weighted by Crippen LogP contribution is 2.37. The smallest absolute Gasteiger partial charge is 0.227 e.